The Hall–Kier alpha value is -0.600. The molecule has 24 heavy (non-hydrogen) atoms. The van der Waals surface area contributed by atoms with Crippen LogP contribution in [0.25, 0.3) is 0 Å². The number of carbonyl (C=O) groups is 1. The molecule has 0 aliphatic heterocycles. The van der Waals surface area contributed by atoms with Crippen molar-refractivity contribution in [1.82, 2.24) is 0 Å². The molecule has 0 fully saturated rings. The van der Waals surface area contributed by atoms with E-state index in [1.54, 1.807) is 24.3 Å². The number of alkyl halides is 4. The van der Waals surface area contributed by atoms with E-state index in [9.17, 15) is 35.3 Å². The number of thioether (sulfide) groups is 1. The molecule has 5 nitrogen and oxygen atoms in total. The number of rotatable bonds is 8. The number of esters is 1. The molecule has 0 aromatic heterocycles. The highest BCUT2D eigenvalue weighted by Crippen LogP contribution is 2.40. The Kier molecular flexibility index (Phi) is 7.31. The van der Waals surface area contributed by atoms with Gasteiger partial charge in [-0.15, -0.1) is 11.8 Å². The van der Waals surface area contributed by atoms with E-state index in [1.165, 1.54) is 0 Å². The van der Waals surface area contributed by atoms with Gasteiger partial charge in [-0.2, -0.15) is 17.6 Å². The number of ether oxygens (including phenoxy) is 1. The summed E-state index contributed by atoms with van der Waals surface area (Å²) in [6, 6.07) is 6.99. The number of halogens is 5. The van der Waals surface area contributed by atoms with Crippen LogP contribution in [0.1, 0.15) is 6.42 Å². The van der Waals surface area contributed by atoms with Crippen LogP contribution < -0.4 is 0 Å². The molecule has 0 atom stereocenters. The standard InChI is InChI=1S/C12H11F4IO5S2/c13-11(14,12(15,16)24(19,20)21)5-6-22-10(18)7-23-9-3-1-8(17)2-4-9/h1-4H,5-7H2,(H,19,20,21)/p-1. The molecule has 1 aromatic rings. The van der Waals surface area contributed by atoms with Crippen LogP contribution in [0.5, 0.6) is 0 Å². The molecule has 0 N–H and O–H groups in total. The Morgan fingerprint density at radius 3 is 2.25 bits per heavy atom. The van der Waals surface area contributed by atoms with Gasteiger partial charge in [-0.05, 0) is 46.9 Å². The van der Waals surface area contributed by atoms with Crippen molar-refractivity contribution in [2.24, 2.45) is 0 Å². The third kappa shape index (κ3) is 5.74. The highest BCUT2D eigenvalue weighted by molar-refractivity contribution is 14.1. The van der Waals surface area contributed by atoms with Crippen molar-refractivity contribution in [2.75, 3.05) is 12.4 Å². The van der Waals surface area contributed by atoms with Gasteiger partial charge < -0.3 is 9.29 Å². The summed E-state index contributed by atoms with van der Waals surface area (Å²) in [6.45, 7) is -1.15. The average molecular weight is 501 g/mol. The van der Waals surface area contributed by atoms with E-state index in [0.29, 0.717) is 4.90 Å². The van der Waals surface area contributed by atoms with Crippen molar-refractivity contribution in [3.8, 4) is 0 Å². The van der Waals surface area contributed by atoms with Gasteiger partial charge in [0.05, 0.1) is 18.8 Å². The average Bonchev–Trinajstić information content (AvgIpc) is 2.45. The number of hydrogen-bond donors (Lipinski definition) is 0. The zero-order valence-corrected chi connectivity index (χ0v) is 15.5. The smallest absolute Gasteiger partial charge is 0.396 e. The van der Waals surface area contributed by atoms with Crippen molar-refractivity contribution in [2.45, 2.75) is 22.5 Å². The number of hydrogen-bond acceptors (Lipinski definition) is 6. The van der Waals surface area contributed by atoms with Gasteiger partial charge in [0.2, 0.25) is 0 Å². The fourth-order valence-corrected chi connectivity index (χ4v) is 2.86. The monoisotopic (exact) mass is 501 g/mol. The van der Waals surface area contributed by atoms with Crippen molar-refractivity contribution in [3.05, 3.63) is 27.8 Å². The molecule has 0 radical (unpaired) electrons. The van der Waals surface area contributed by atoms with E-state index >= 15 is 0 Å². The van der Waals surface area contributed by atoms with Crippen LogP contribution in [0.15, 0.2) is 29.2 Å². The molecule has 1 aromatic carbocycles. The second-order valence-electron chi connectivity index (χ2n) is 4.39. The molecule has 12 heteroatoms. The molecule has 0 heterocycles. The molecule has 0 saturated carbocycles. The summed E-state index contributed by atoms with van der Waals surface area (Å²) in [5.74, 6) is -6.33. The zero-order valence-electron chi connectivity index (χ0n) is 11.7. The molecular weight excluding hydrogens is 491 g/mol. The van der Waals surface area contributed by atoms with E-state index in [4.69, 9.17) is 0 Å². The molecular formula is C12H10F4IO5S2-. The third-order valence-corrected chi connectivity index (χ3v) is 5.22. The van der Waals surface area contributed by atoms with Gasteiger partial charge in [-0.3, -0.25) is 4.79 Å². The van der Waals surface area contributed by atoms with Crippen molar-refractivity contribution >= 4 is 50.4 Å². The first kappa shape index (κ1) is 21.4. The minimum atomic E-state index is -6.54. The molecule has 136 valence electrons. The van der Waals surface area contributed by atoms with Crippen LogP contribution in [-0.4, -0.2) is 42.5 Å². The molecule has 0 unspecified atom stereocenters. The summed E-state index contributed by atoms with van der Waals surface area (Å²) in [5.41, 5.74) is 0. The topological polar surface area (TPSA) is 83.5 Å². The van der Waals surface area contributed by atoms with Gasteiger partial charge in [0, 0.05) is 8.47 Å². The fourth-order valence-electron chi connectivity index (χ4n) is 1.34. The van der Waals surface area contributed by atoms with Crippen LogP contribution in [-0.2, 0) is 19.6 Å². The summed E-state index contributed by atoms with van der Waals surface area (Å²) in [4.78, 5) is 12.1. The Balaban J connectivity index is 2.46. The van der Waals surface area contributed by atoms with E-state index in [1.807, 2.05) is 0 Å². The van der Waals surface area contributed by atoms with Crippen LogP contribution in [0, 0.1) is 3.57 Å². The minimum Gasteiger partial charge on any atom is -0.743 e. The first-order valence-corrected chi connectivity index (χ1v) is 9.59. The van der Waals surface area contributed by atoms with Gasteiger partial charge in [-0.25, -0.2) is 8.42 Å². The molecule has 0 saturated heterocycles. The first-order chi connectivity index (χ1) is 10.9. The van der Waals surface area contributed by atoms with Crippen molar-refractivity contribution < 1.29 is 40.1 Å². The largest absolute Gasteiger partial charge is 0.743 e. The summed E-state index contributed by atoms with van der Waals surface area (Å²) in [7, 11) is -6.54. The normalized spacial score (nSPS) is 12.9. The molecule has 0 aliphatic carbocycles. The Labute approximate surface area is 153 Å². The number of benzene rings is 1. The quantitative estimate of drug-likeness (QED) is 0.179. The lowest BCUT2D eigenvalue weighted by Crippen LogP contribution is -2.47. The van der Waals surface area contributed by atoms with Crippen LogP contribution in [0.3, 0.4) is 0 Å². The van der Waals surface area contributed by atoms with Crippen LogP contribution in [0.2, 0.25) is 0 Å². The van der Waals surface area contributed by atoms with Crippen molar-refractivity contribution in [3.63, 3.8) is 0 Å². The SMILES string of the molecule is O=C(CSc1ccc(I)cc1)OCCC(F)(F)C(F)(F)S(=O)(=O)[O-]. The maximum atomic E-state index is 13.1. The Morgan fingerprint density at radius 2 is 1.75 bits per heavy atom. The highest BCUT2D eigenvalue weighted by atomic mass is 127. The Morgan fingerprint density at radius 1 is 1.21 bits per heavy atom. The summed E-state index contributed by atoms with van der Waals surface area (Å²) in [6.07, 6.45) is -1.79. The predicted molar refractivity (Wildman–Crippen MR) is 85.1 cm³/mol. The molecule has 0 amide bonds. The lowest BCUT2D eigenvalue weighted by molar-refractivity contribution is -0.174. The van der Waals surface area contributed by atoms with Crippen LogP contribution in [0.4, 0.5) is 17.6 Å². The fraction of sp³-hybridized carbons (Fsp3) is 0.417. The lowest BCUT2D eigenvalue weighted by atomic mass is 10.2. The summed E-state index contributed by atoms with van der Waals surface area (Å²) < 4.78 is 87.8. The molecule has 1 rings (SSSR count). The highest BCUT2D eigenvalue weighted by Gasteiger charge is 2.61. The second kappa shape index (κ2) is 8.19. The maximum Gasteiger partial charge on any atom is 0.396 e. The van der Waals surface area contributed by atoms with E-state index in [0.717, 1.165) is 15.3 Å². The van der Waals surface area contributed by atoms with Gasteiger partial charge in [0.25, 0.3) is 0 Å². The Bertz CT molecular complexity index is 679. The number of carbonyl (C=O) groups excluding carboxylic acids is 1. The van der Waals surface area contributed by atoms with Crippen molar-refractivity contribution in [1.29, 1.82) is 0 Å². The van der Waals surface area contributed by atoms with E-state index < -0.39 is 40.3 Å². The van der Waals surface area contributed by atoms with Gasteiger partial charge in [0.15, 0.2) is 10.1 Å². The molecule has 0 bridgehead atoms. The summed E-state index contributed by atoms with van der Waals surface area (Å²) >= 11 is 3.12. The second-order valence-corrected chi connectivity index (χ2v) is 8.10. The third-order valence-electron chi connectivity index (χ3n) is 2.59. The van der Waals surface area contributed by atoms with Gasteiger partial charge in [-0.1, -0.05) is 0 Å². The first-order valence-electron chi connectivity index (χ1n) is 6.12. The van der Waals surface area contributed by atoms with Gasteiger partial charge in [0.1, 0.15) is 0 Å². The van der Waals surface area contributed by atoms with Gasteiger partial charge >= 0.3 is 17.1 Å². The zero-order chi connectivity index (χ0) is 18.6. The molecule has 0 aliphatic rings. The lowest BCUT2D eigenvalue weighted by Gasteiger charge is -2.28. The van der Waals surface area contributed by atoms with Crippen LogP contribution >= 0.6 is 34.4 Å². The minimum absolute atomic E-state index is 0.248. The summed E-state index contributed by atoms with van der Waals surface area (Å²) in [5, 5.41) is -5.78. The van der Waals surface area contributed by atoms with E-state index in [-0.39, 0.29) is 5.75 Å². The van der Waals surface area contributed by atoms with E-state index in [2.05, 4.69) is 27.3 Å². The predicted octanol–water partition coefficient (Wildman–Crippen LogP) is 3.09. The molecule has 0 spiro atoms. The maximum absolute atomic E-state index is 13.1.